The van der Waals surface area contributed by atoms with E-state index in [9.17, 15) is 0 Å². The van der Waals surface area contributed by atoms with Crippen LogP contribution in [0.1, 0.15) is 39.3 Å². The lowest BCUT2D eigenvalue weighted by molar-refractivity contribution is 0.122. The molecule has 1 saturated heterocycles. The van der Waals surface area contributed by atoms with E-state index in [2.05, 4.69) is 55.0 Å². The van der Waals surface area contributed by atoms with Crippen molar-refractivity contribution >= 4 is 5.69 Å². The monoisotopic (exact) mass is 279 g/mol. The third-order valence-electron chi connectivity index (χ3n) is 3.32. The number of hydrogen-bond donors (Lipinski definition) is 1. The fourth-order valence-electron chi connectivity index (χ4n) is 1.75. The van der Waals surface area contributed by atoms with Crippen LogP contribution < -0.4 is 10.2 Å². The van der Waals surface area contributed by atoms with Crippen LogP contribution in [0.4, 0.5) is 5.69 Å². The van der Waals surface area contributed by atoms with Gasteiger partial charge in [-0.3, -0.25) is 4.98 Å². The molecule has 0 spiro atoms. The normalized spacial score (nSPS) is 15.2. The van der Waals surface area contributed by atoms with E-state index in [0.717, 1.165) is 32.0 Å². The van der Waals surface area contributed by atoms with E-state index in [1.54, 1.807) is 0 Å². The van der Waals surface area contributed by atoms with Gasteiger partial charge in [0.15, 0.2) is 0 Å². The van der Waals surface area contributed by atoms with Crippen LogP contribution in [0.3, 0.4) is 0 Å². The molecule has 0 aromatic carbocycles. The van der Waals surface area contributed by atoms with Gasteiger partial charge in [-0.1, -0.05) is 27.7 Å². The number of aromatic nitrogens is 1. The van der Waals surface area contributed by atoms with Crippen molar-refractivity contribution in [1.82, 2.24) is 10.3 Å². The SMILES string of the molecule is CC(C)c1ccc(N2CCOCC2)cn1.CNC(C)C. The van der Waals surface area contributed by atoms with Crippen molar-refractivity contribution in [2.45, 2.75) is 39.7 Å². The quantitative estimate of drug-likeness (QED) is 0.923. The van der Waals surface area contributed by atoms with Crippen LogP contribution in [0.15, 0.2) is 18.3 Å². The van der Waals surface area contributed by atoms with Gasteiger partial charge in [0.1, 0.15) is 0 Å². The summed E-state index contributed by atoms with van der Waals surface area (Å²) in [5, 5.41) is 3.03. The third kappa shape index (κ3) is 5.88. The first kappa shape index (κ1) is 16.9. The molecule has 0 saturated carbocycles. The van der Waals surface area contributed by atoms with E-state index >= 15 is 0 Å². The minimum atomic E-state index is 0.503. The van der Waals surface area contributed by atoms with E-state index in [4.69, 9.17) is 4.74 Å². The number of pyridine rings is 1. The lowest BCUT2D eigenvalue weighted by Crippen LogP contribution is -2.36. The number of ether oxygens (including phenoxy) is 1. The second kappa shape index (κ2) is 8.93. The molecule has 1 aliphatic rings. The smallest absolute Gasteiger partial charge is 0.0642 e. The van der Waals surface area contributed by atoms with Crippen molar-refractivity contribution in [3.8, 4) is 0 Å². The predicted molar refractivity (Wildman–Crippen MR) is 85.6 cm³/mol. The molecule has 1 aromatic rings. The van der Waals surface area contributed by atoms with Crippen molar-refractivity contribution in [1.29, 1.82) is 0 Å². The van der Waals surface area contributed by atoms with Gasteiger partial charge < -0.3 is 15.0 Å². The Kier molecular flexibility index (Phi) is 7.55. The number of nitrogens with one attached hydrogen (secondary N) is 1. The Morgan fingerprint density at radius 1 is 1.15 bits per heavy atom. The first-order valence-electron chi connectivity index (χ1n) is 7.50. The Balaban J connectivity index is 0.000000347. The summed E-state index contributed by atoms with van der Waals surface area (Å²) in [6.45, 7) is 12.1. The van der Waals surface area contributed by atoms with Gasteiger partial charge in [0.05, 0.1) is 25.1 Å². The maximum absolute atomic E-state index is 5.32. The van der Waals surface area contributed by atoms with E-state index in [-0.39, 0.29) is 0 Å². The highest BCUT2D eigenvalue weighted by Gasteiger charge is 2.11. The molecule has 0 aliphatic carbocycles. The highest BCUT2D eigenvalue weighted by Crippen LogP contribution is 2.17. The zero-order chi connectivity index (χ0) is 15.0. The fourth-order valence-corrected chi connectivity index (χ4v) is 1.75. The lowest BCUT2D eigenvalue weighted by atomic mass is 10.1. The second-order valence-electron chi connectivity index (χ2n) is 5.64. The maximum Gasteiger partial charge on any atom is 0.0642 e. The standard InChI is InChI=1S/C12H18N2O.C4H11N/c1-10(2)12-4-3-11(9-13-12)14-5-7-15-8-6-14;1-4(2)5-3/h3-4,9-10H,5-8H2,1-2H3;4-5H,1-3H3. The van der Waals surface area contributed by atoms with Crippen LogP contribution in [0.2, 0.25) is 0 Å². The summed E-state index contributed by atoms with van der Waals surface area (Å²) in [6.07, 6.45) is 1.97. The van der Waals surface area contributed by atoms with Crippen molar-refractivity contribution in [2.75, 3.05) is 38.3 Å². The van der Waals surface area contributed by atoms with Gasteiger partial charge in [0.25, 0.3) is 0 Å². The predicted octanol–water partition coefficient (Wildman–Crippen LogP) is 2.66. The fraction of sp³-hybridized carbons (Fsp3) is 0.688. The van der Waals surface area contributed by atoms with Gasteiger partial charge in [-0.15, -0.1) is 0 Å². The highest BCUT2D eigenvalue weighted by atomic mass is 16.5. The molecular formula is C16H29N3O. The molecule has 114 valence electrons. The van der Waals surface area contributed by atoms with Crippen molar-refractivity contribution in [3.05, 3.63) is 24.0 Å². The summed E-state index contributed by atoms with van der Waals surface area (Å²) in [5.41, 5.74) is 2.37. The second-order valence-corrected chi connectivity index (χ2v) is 5.64. The molecule has 1 aliphatic heterocycles. The minimum absolute atomic E-state index is 0.503. The molecule has 1 aromatic heterocycles. The van der Waals surface area contributed by atoms with Crippen molar-refractivity contribution < 1.29 is 4.74 Å². The maximum atomic E-state index is 5.32. The number of nitrogens with zero attached hydrogens (tertiary/aromatic N) is 2. The molecule has 2 heterocycles. The molecule has 4 heteroatoms. The van der Waals surface area contributed by atoms with E-state index < -0.39 is 0 Å². The van der Waals surface area contributed by atoms with Crippen LogP contribution >= 0.6 is 0 Å². The van der Waals surface area contributed by atoms with Gasteiger partial charge in [-0.2, -0.15) is 0 Å². The first-order chi connectivity index (χ1) is 9.54. The average molecular weight is 279 g/mol. The molecule has 4 nitrogen and oxygen atoms in total. The van der Waals surface area contributed by atoms with Gasteiger partial charge in [0, 0.05) is 24.8 Å². The molecule has 1 N–H and O–H groups in total. The van der Waals surface area contributed by atoms with Crippen LogP contribution in [0.5, 0.6) is 0 Å². The molecule has 0 bridgehead atoms. The third-order valence-corrected chi connectivity index (χ3v) is 3.32. The Labute approximate surface area is 123 Å². The van der Waals surface area contributed by atoms with Gasteiger partial charge in [-0.05, 0) is 25.1 Å². The van der Waals surface area contributed by atoms with Crippen LogP contribution in [0.25, 0.3) is 0 Å². The van der Waals surface area contributed by atoms with E-state index in [1.165, 1.54) is 5.69 Å². The summed E-state index contributed by atoms with van der Waals surface area (Å²) in [6, 6.07) is 4.92. The molecule has 20 heavy (non-hydrogen) atoms. The van der Waals surface area contributed by atoms with Crippen molar-refractivity contribution in [3.63, 3.8) is 0 Å². The molecule has 0 radical (unpaired) electrons. The Bertz CT molecular complexity index is 356. The average Bonchev–Trinajstić information content (AvgIpc) is 2.49. The molecule has 0 unspecified atom stereocenters. The highest BCUT2D eigenvalue weighted by molar-refractivity contribution is 5.45. The first-order valence-corrected chi connectivity index (χ1v) is 7.50. The summed E-state index contributed by atoms with van der Waals surface area (Å²) in [7, 11) is 1.95. The van der Waals surface area contributed by atoms with Crippen LogP contribution in [0, 0.1) is 0 Å². The zero-order valence-electron chi connectivity index (χ0n) is 13.5. The Hall–Kier alpha value is -1.13. The molecule has 0 atom stereocenters. The van der Waals surface area contributed by atoms with Crippen LogP contribution in [-0.2, 0) is 4.74 Å². The van der Waals surface area contributed by atoms with Crippen LogP contribution in [-0.4, -0.2) is 44.4 Å². The molecule has 1 fully saturated rings. The summed E-state index contributed by atoms with van der Waals surface area (Å²) < 4.78 is 5.32. The Morgan fingerprint density at radius 3 is 2.15 bits per heavy atom. The van der Waals surface area contributed by atoms with Gasteiger partial charge in [0.2, 0.25) is 0 Å². The Morgan fingerprint density at radius 2 is 1.75 bits per heavy atom. The van der Waals surface area contributed by atoms with E-state index in [1.807, 2.05) is 13.2 Å². The number of hydrogen-bond acceptors (Lipinski definition) is 4. The molecular weight excluding hydrogens is 250 g/mol. The summed E-state index contributed by atoms with van der Waals surface area (Å²) in [4.78, 5) is 6.79. The molecule has 2 rings (SSSR count). The molecule has 0 amide bonds. The minimum Gasteiger partial charge on any atom is -0.378 e. The van der Waals surface area contributed by atoms with E-state index in [0.29, 0.717) is 12.0 Å². The largest absolute Gasteiger partial charge is 0.378 e. The zero-order valence-corrected chi connectivity index (χ0v) is 13.5. The summed E-state index contributed by atoms with van der Waals surface area (Å²) >= 11 is 0. The number of morpholine rings is 1. The topological polar surface area (TPSA) is 37.4 Å². The van der Waals surface area contributed by atoms with Gasteiger partial charge in [-0.25, -0.2) is 0 Å². The number of rotatable bonds is 3. The lowest BCUT2D eigenvalue weighted by Gasteiger charge is -2.28. The number of anilines is 1. The van der Waals surface area contributed by atoms with Gasteiger partial charge >= 0.3 is 0 Å². The van der Waals surface area contributed by atoms with Crippen molar-refractivity contribution in [2.24, 2.45) is 0 Å². The summed E-state index contributed by atoms with van der Waals surface area (Å²) in [5.74, 6) is 0.503.